The average Bonchev–Trinajstić information content (AvgIpc) is 2.59. The standard InChI is InChI=1S/C18H22N4O3/c1-18(2,3)17(23)21-11-9-20(10-12-21)15-7-6-14(22(24)25)13-5-4-8-19-16(13)15/h4-8H,9-12H2,1-3H3. The minimum absolute atomic E-state index is 0.0633. The Bertz CT molecular complexity index is 821. The second-order valence-electron chi connectivity index (χ2n) is 7.29. The number of rotatable bonds is 2. The highest BCUT2D eigenvalue weighted by molar-refractivity contribution is 5.97. The zero-order chi connectivity index (χ0) is 18.2. The van der Waals surface area contributed by atoms with Crippen molar-refractivity contribution >= 4 is 28.2 Å². The van der Waals surface area contributed by atoms with E-state index < -0.39 is 0 Å². The molecule has 0 bridgehead atoms. The van der Waals surface area contributed by atoms with Crippen LogP contribution in [0.1, 0.15) is 20.8 Å². The van der Waals surface area contributed by atoms with Crippen LogP contribution in [0.2, 0.25) is 0 Å². The molecule has 0 atom stereocenters. The molecule has 1 aliphatic rings. The van der Waals surface area contributed by atoms with E-state index in [1.54, 1.807) is 24.4 Å². The van der Waals surface area contributed by atoms with E-state index in [0.29, 0.717) is 37.1 Å². The van der Waals surface area contributed by atoms with Gasteiger partial charge in [-0.3, -0.25) is 19.9 Å². The van der Waals surface area contributed by atoms with Crippen molar-refractivity contribution in [3.05, 3.63) is 40.6 Å². The third-order valence-electron chi connectivity index (χ3n) is 4.47. The highest BCUT2D eigenvalue weighted by Gasteiger charge is 2.30. The summed E-state index contributed by atoms with van der Waals surface area (Å²) >= 11 is 0. The highest BCUT2D eigenvalue weighted by atomic mass is 16.6. The Morgan fingerprint density at radius 3 is 2.44 bits per heavy atom. The summed E-state index contributed by atoms with van der Waals surface area (Å²) in [7, 11) is 0. The van der Waals surface area contributed by atoms with Crippen LogP contribution < -0.4 is 4.90 Å². The quantitative estimate of drug-likeness (QED) is 0.619. The summed E-state index contributed by atoms with van der Waals surface area (Å²) in [6.07, 6.45) is 1.65. The molecule has 1 aromatic heterocycles. The number of hydrogen-bond donors (Lipinski definition) is 0. The van der Waals surface area contributed by atoms with Crippen molar-refractivity contribution in [3.63, 3.8) is 0 Å². The first kappa shape index (κ1) is 17.1. The predicted octanol–water partition coefficient (Wildman–Crippen LogP) is 2.84. The molecule has 0 spiro atoms. The molecule has 25 heavy (non-hydrogen) atoms. The van der Waals surface area contributed by atoms with E-state index in [0.717, 1.165) is 5.69 Å². The van der Waals surface area contributed by atoms with Gasteiger partial charge >= 0.3 is 0 Å². The second kappa shape index (κ2) is 6.31. The molecule has 1 saturated heterocycles. The summed E-state index contributed by atoms with van der Waals surface area (Å²) in [4.78, 5) is 31.7. The molecule has 1 aromatic carbocycles. The number of carbonyl (C=O) groups excluding carboxylic acids is 1. The Morgan fingerprint density at radius 2 is 1.84 bits per heavy atom. The van der Waals surface area contributed by atoms with Gasteiger partial charge in [-0.05, 0) is 18.2 Å². The van der Waals surface area contributed by atoms with Gasteiger partial charge in [0.2, 0.25) is 5.91 Å². The van der Waals surface area contributed by atoms with Crippen LogP contribution in [0.25, 0.3) is 10.9 Å². The number of hydrogen-bond acceptors (Lipinski definition) is 5. The van der Waals surface area contributed by atoms with Crippen molar-refractivity contribution in [1.29, 1.82) is 0 Å². The normalized spacial score (nSPS) is 15.5. The lowest BCUT2D eigenvalue weighted by Crippen LogP contribution is -2.51. The number of nitro groups is 1. The molecule has 2 heterocycles. The molecule has 1 fully saturated rings. The van der Waals surface area contributed by atoms with Gasteiger partial charge in [0, 0.05) is 43.9 Å². The molecule has 7 heteroatoms. The van der Waals surface area contributed by atoms with Gasteiger partial charge in [-0.2, -0.15) is 0 Å². The number of fused-ring (bicyclic) bond motifs is 1. The molecule has 7 nitrogen and oxygen atoms in total. The first-order valence-electron chi connectivity index (χ1n) is 8.35. The Kier molecular flexibility index (Phi) is 4.32. The smallest absolute Gasteiger partial charge is 0.278 e. The Balaban J connectivity index is 1.86. The Morgan fingerprint density at radius 1 is 1.16 bits per heavy atom. The van der Waals surface area contributed by atoms with E-state index in [1.165, 1.54) is 6.07 Å². The number of amides is 1. The maximum absolute atomic E-state index is 12.4. The molecule has 1 aliphatic heterocycles. The lowest BCUT2D eigenvalue weighted by molar-refractivity contribution is -0.383. The van der Waals surface area contributed by atoms with Crippen LogP contribution in [0, 0.1) is 15.5 Å². The van der Waals surface area contributed by atoms with Crippen LogP contribution in [0.15, 0.2) is 30.5 Å². The van der Waals surface area contributed by atoms with Crippen LogP contribution in [-0.4, -0.2) is 46.9 Å². The summed E-state index contributed by atoms with van der Waals surface area (Å²) < 4.78 is 0. The second-order valence-corrected chi connectivity index (χ2v) is 7.29. The summed E-state index contributed by atoms with van der Waals surface area (Å²) in [5.41, 5.74) is 1.19. The number of pyridine rings is 1. The summed E-state index contributed by atoms with van der Waals surface area (Å²) in [5.74, 6) is 0.152. The van der Waals surface area contributed by atoms with Gasteiger partial charge in [0.25, 0.3) is 5.69 Å². The zero-order valence-electron chi connectivity index (χ0n) is 14.7. The number of anilines is 1. The minimum atomic E-state index is -0.385. The van der Waals surface area contributed by atoms with Crippen LogP contribution >= 0.6 is 0 Å². The maximum Gasteiger partial charge on any atom is 0.278 e. The Hall–Kier alpha value is -2.70. The fourth-order valence-electron chi connectivity index (χ4n) is 3.18. The van der Waals surface area contributed by atoms with Crippen LogP contribution in [-0.2, 0) is 4.79 Å². The maximum atomic E-state index is 12.4. The minimum Gasteiger partial charge on any atom is -0.366 e. The van der Waals surface area contributed by atoms with E-state index in [1.807, 2.05) is 25.7 Å². The van der Waals surface area contributed by atoms with Gasteiger partial charge in [-0.15, -0.1) is 0 Å². The van der Waals surface area contributed by atoms with E-state index in [4.69, 9.17) is 0 Å². The number of aromatic nitrogens is 1. The van der Waals surface area contributed by atoms with Gasteiger partial charge < -0.3 is 9.80 Å². The summed E-state index contributed by atoms with van der Waals surface area (Å²) in [6, 6.07) is 6.73. The number of non-ortho nitro benzene ring substituents is 1. The number of carbonyl (C=O) groups is 1. The first-order chi connectivity index (χ1) is 11.8. The molecule has 2 aromatic rings. The lowest BCUT2D eigenvalue weighted by atomic mass is 9.94. The topological polar surface area (TPSA) is 79.6 Å². The molecule has 0 unspecified atom stereocenters. The largest absolute Gasteiger partial charge is 0.366 e. The van der Waals surface area contributed by atoms with Crippen molar-refractivity contribution in [2.75, 3.05) is 31.1 Å². The van der Waals surface area contributed by atoms with Crippen LogP contribution in [0.3, 0.4) is 0 Å². The third kappa shape index (κ3) is 3.26. The van der Waals surface area contributed by atoms with Crippen molar-refractivity contribution < 1.29 is 9.72 Å². The Labute approximate surface area is 146 Å². The summed E-state index contributed by atoms with van der Waals surface area (Å²) in [5, 5.41) is 11.8. The van der Waals surface area contributed by atoms with Crippen molar-refractivity contribution in [2.45, 2.75) is 20.8 Å². The van der Waals surface area contributed by atoms with Crippen LogP contribution in [0.5, 0.6) is 0 Å². The fraction of sp³-hybridized carbons (Fsp3) is 0.444. The molecule has 0 aliphatic carbocycles. The third-order valence-corrected chi connectivity index (χ3v) is 4.47. The van der Waals surface area contributed by atoms with Crippen molar-refractivity contribution in [3.8, 4) is 0 Å². The molecule has 132 valence electrons. The van der Waals surface area contributed by atoms with Crippen LogP contribution in [0.4, 0.5) is 11.4 Å². The van der Waals surface area contributed by atoms with Gasteiger partial charge in [-0.25, -0.2) is 0 Å². The molecule has 0 radical (unpaired) electrons. The number of benzene rings is 1. The average molecular weight is 342 g/mol. The van der Waals surface area contributed by atoms with Crippen molar-refractivity contribution in [2.24, 2.45) is 5.41 Å². The lowest BCUT2D eigenvalue weighted by Gasteiger charge is -2.38. The van der Waals surface area contributed by atoms with E-state index in [-0.39, 0.29) is 21.9 Å². The first-order valence-corrected chi connectivity index (χ1v) is 8.35. The molecule has 1 amide bonds. The van der Waals surface area contributed by atoms with E-state index in [2.05, 4.69) is 9.88 Å². The fourth-order valence-corrected chi connectivity index (χ4v) is 3.18. The number of nitro benzene ring substituents is 1. The van der Waals surface area contributed by atoms with E-state index >= 15 is 0 Å². The molecule has 0 saturated carbocycles. The molecule has 0 N–H and O–H groups in total. The summed E-state index contributed by atoms with van der Waals surface area (Å²) in [6.45, 7) is 8.43. The monoisotopic (exact) mass is 342 g/mol. The predicted molar refractivity (Wildman–Crippen MR) is 96.6 cm³/mol. The van der Waals surface area contributed by atoms with Crippen molar-refractivity contribution in [1.82, 2.24) is 9.88 Å². The van der Waals surface area contributed by atoms with Gasteiger partial charge in [-0.1, -0.05) is 20.8 Å². The number of piperazine rings is 1. The molecular weight excluding hydrogens is 320 g/mol. The number of nitrogens with zero attached hydrogens (tertiary/aromatic N) is 4. The van der Waals surface area contributed by atoms with Gasteiger partial charge in [0.1, 0.15) is 5.52 Å². The van der Waals surface area contributed by atoms with E-state index in [9.17, 15) is 14.9 Å². The molecule has 3 rings (SSSR count). The molecular formula is C18H22N4O3. The van der Waals surface area contributed by atoms with Gasteiger partial charge in [0.05, 0.1) is 16.0 Å². The zero-order valence-corrected chi connectivity index (χ0v) is 14.7. The highest BCUT2D eigenvalue weighted by Crippen LogP contribution is 2.32. The van der Waals surface area contributed by atoms with Gasteiger partial charge in [0.15, 0.2) is 0 Å². The SMILES string of the molecule is CC(C)(C)C(=O)N1CCN(c2ccc([N+](=O)[O-])c3cccnc23)CC1.